The third-order valence-corrected chi connectivity index (χ3v) is 6.70. The van der Waals surface area contributed by atoms with E-state index in [1.165, 1.54) is 0 Å². The van der Waals surface area contributed by atoms with Gasteiger partial charge in [0.05, 0.1) is 37.2 Å². The van der Waals surface area contributed by atoms with Crippen molar-refractivity contribution in [2.45, 2.75) is 24.2 Å². The molecule has 0 saturated heterocycles. The van der Waals surface area contributed by atoms with Crippen molar-refractivity contribution in [1.82, 2.24) is 5.32 Å². The Bertz CT molecular complexity index is 1260. The lowest BCUT2D eigenvalue weighted by molar-refractivity contribution is -0.128. The van der Waals surface area contributed by atoms with Crippen molar-refractivity contribution in [3.05, 3.63) is 71.8 Å². The van der Waals surface area contributed by atoms with E-state index in [9.17, 15) is 4.79 Å². The van der Waals surface area contributed by atoms with Crippen LogP contribution in [-0.4, -0.2) is 39.2 Å². The van der Waals surface area contributed by atoms with E-state index >= 15 is 0 Å². The Balaban J connectivity index is 1.57. The SMILES string of the molecule is CCSc1ccc(C(Oc2ccc(C#N)cc2)C(=O)NC2Nc3cc(OC)c(OC)cc3N2C)cc1. The minimum Gasteiger partial charge on any atom is -0.493 e. The zero-order chi connectivity index (χ0) is 25.7. The number of nitriles is 1. The number of hydrogen-bond donors (Lipinski definition) is 2. The molecule has 36 heavy (non-hydrogen) atoms. The topological polar surface area (TPSA) is 95.8 Å². The quantitative estimate of drug-likeness (QED) is 0.403. The number of nitrogens with one attached hydrogen (secondary N) is 2. The van der Waals surface area contributed by atoms with Gasteiger partial charge in [-0.2, -0.15) is 5.26 Å². The van der Waals surface area contributed by atoms with E-state index in [2.05, 4.69) is 23.6 Å². The molecule has 9 heteroatoms. The molecule has 2 N–H and O–H groups in total. The summed E-state index contributed by atoms with van der Waals surface area (Å²) in [5.74, 6) is 2.33. The van der Waals surface area contributed by atoms with Gasteiger partial charge in [0.1, 0.15) is 5.75 Å². The maximum absolute atomic E-state index is 13.6. The van der Waals surface area contributed by atoms with E-state index < -0.39 is 12.4 Å². The summed E-state index contributed by atoms with van der Waals surface area (Å²) in [6.45, 7) is 2.09. The number of nitrogens with zero attached hydrogens (tertiary/aromatic N) is 2. The predicted molar refractivity (Wildman–Crippen MR) is 141 cm³/mol. The van der Waals surface area contributed by atoms with Crippen molar-refractivity contribution >= 4 is 29.0 Å². The first-order chi connectivity index (χ1) is 17.5. The average molecular weight is 505 g/mol. The summed E-state index contributed by atoms with van der Waals surface area (Å²) in [5, 5.41) is 15.4. The fraction of sp³-hybridized carbons (Fsp3) is 0.259. The second-order valence-electron chi connectivity index (χ2n) is 8.03. The van der Waals surface area contributed by atoms with E-state index in [-0.39, 0.29) is 5.91 Å². The molecule has 8 nitrogen and oxygen atoms in total. The average Bonchev–Trinajstić information content (AvgIpc) is 3.21. The predicted octanol–water partition coefficient (Wildman–Crippen LogP) is 4.77. The van der Waals surface area contributed by atoms with Crippen molar-refractivity contribution in [1.29, 1.82) is 5.26 Å². The van der Waals surface area contributed by atoms with Crippen LogP contribution in [0, 0.1) is 11.3 Å². The summed E-state index contributed by atoms with van der Waals surface area (Å²) >= 11 is 1.73. The third-order valence-electron chi connectivity index (χ3n) is 5.81. The molecule has 0 fully saturated rings. The molecule has 3 aromatic carbocycles. The zero-order valence-corrected chi connectivity index (χ0v) is 21.4. The number of carbonyl (C=O) groups excluding carboxylic acids is 1. The van der Waals surface area contributed by atoms with Crippen molar-refractivity contribution in [2.75, 3.05) is 37.2 Å². The van der Waals surface area contributed by atoms with Gasteiger partial charge < -0.3 is 29.7 Å². The molecule has 186 valence electrons. The van der Waals surface area contributed by atoms with Gasteiger partial charge in [-0.1, -0.05) is 19.1 Å². The van der Waals surface area contributed by atoms with Crippen LogP contribution in [0.15, 0.2) is 65.6 Å². The number of methoxy groups -OCH3 is 2. The molecule has 0 radical (unpaired) electrons. The monoisotopic (exact) mass is 504 g/mol. The zero-order valence-electron chi connectivity index (χ0n) is 20.6. The number of ether oxygens (including phenoxy) is 3. The van der Waals surface area contributed by atoms with E-state index in [0.717, 1.165) is 27.6 Å². The number of rotatable bonds is 9. The normalized spacial score (nSPS) is 14.8. The number of fused-ring (bicyclic) bond motifs is 1. The van der Waals surface area contributed by atoms with E-state index in [1.54, 1.807) is 50.2 Å². The molecule has 0 spiro atoms. The minimum absolute atomic E-state index is 0.314. The van der Waals surface area contributed by atoms with Crippen molar-refractivity contribution in [3.8, 4) is 23.3 Å². The Morgan fingerprint density at radius 1 is 1.11 bits per heavy atom. The Hall–Kier alpha value is -4.03. The van der Waals surface area contributed by atoms with Crippen LogP contribution in [0.3, 0.4) is 0 Å². The van der Waals surface area contributed by atoms with Crippen LogP contribution >= 0.6 is 11.8 Å². The summed E-state index contributed by atoms with van der Waals surface area (Å²) in [4.78, 5) is 16.6. The maximum atomic E-state index is 13.6. The number of anilines is 2. The summed E-state index contributed by atoms with van der Waals surface area (Å²) in [6, 6.07) is 20.3. The number of amides is 1. The molecule has 4 rings (SSSR count). The number of thioether (sulfide) groups is 1. The number of benzene rings is 3. The van der Waals surface area contributed by atoms with Crippen molar-refractivity contribution < 1.29 is 19.0 Å². The second kappa shape index (κ2) is 11.1. The van der Waals surface area contributed by atoms with E-state index in [4.69, 9.17) is 19.5 Å². The first-order valence-electron chi connectivity index (χ1n) is 11.4. The lowest BCUT2D eigenvalue weighted by Gasteiger charge is -2.26. The van der Waals surface area contributed by atoms with Crippen LogP contribution in [0.1, 0.15) is 24.2 Å². The van der Waals surface area contributed by atoms with Gasteiger partial charge in [-0.25, -0.2) is 0 Å². The molecule has 0 aliphatic carbocycles. The Morgan fingerprint density at radius 2 is 1.78 bits per heavy atom. The summed E-state index contributed by atoms with van der Waals surface area (Å²) in [7, 11) is 5.04. The molecular formula is C27H28N4O4S. The molecule has 1 aliphatic heterocycles. The molecular weight excluding hydrogens is 476 g/mol. The highest BCUT2D eigenvalue weighted by Crippen LogP contribution is 2.42. The molecule has 0 bridgehead atoms. The fourth-order valence-electron chi connectivity index (χ4n) is 3.92. The van der Waals surface area contributed by atoms with Gasteiger partial charge in [0.25, 0.3) is 5.91 Å². The molecule has 2 unspecified atom stereocenters. The lowest BCUT2D eigenvalue weighted by atomic mass is 10.1. The summed E-state index contributed by atoms with van der Waals surface area (Å²) < 4.78 is 17.0. The van der Waals surface area contributed by atoms with Crippen molar-refractivity contribution in [2.24, 2.45) is 0 Å². The lowest BCUT2D eigenvalue weighted by Crippen LogP contribution is -2.50. The maximum Gasteiger partial charge on any atom is 0.268 e. The highest BCUT2D eigenvalue weighted by Gasteiger charge is 2.32. The van der Waals surface area contributed by atoms with Gasteiger partial charge in [-0.3, -0.25) is 4.79 Å². The number of carbonyl (C=O) groups is 1. The smallest absolute Gasteiger partial charge is 0.268 e. The summed E-state index contributed by atoms with van der Waals surface area (Å²) in [5.41, 5.74) is 2.91. The molecule has 1 amide bonds. The second-order valence-corrected chi connectivity index (χ2v) is 9.36. The Labute approximate surface area is 215 Å². The van der Waals surface area contributed by atoms with Crippen LogP contribution in [0.25, 0.3) is 0 Å². The van der Waals surface area contributed by atoms with Crippen molar-refractivity contribution in [3.63, 3.8) is 0 Å². The molecule has 2 atom stereocenters. The summed E-state index contributed by atoms with van der Waals surface area (Å²) in [6.07, 6.45) is -1.41. The highest BCUT2D eigenvalue weighted by atomic mass is 32.2. The standard InChI is InChI=1S/C27H28N4O4S/c1-5-36-20-12-8-18(9-13-20)25(35-19-10-6-17(16-28)7-11-19)26(32)30-27-29-21-14-23(33-3)24(34-4)15-22(21)31(27)2/h6-15,25,27,29H,5H2,1-4H3,(H,30,32). The molecule has 1 aliphatic rings. The van der Waals surface area contributed by atoms with Gasteiger partial charge in [-0.05, 0) is 42.2 Å². The van der Waals surface area contributed by atoms with Crippen LogP contribution in [0.2, 0.25) is 0 Å². The fourth-order valence-corrected chi connectivity index (χ4v) is 4.59. The largest absolute Gasteiger partial charge is 0.493 e. The first-order valence-corrected chi connectivity index (χ1v) is 12.4. The van der Waals surface area contributed by atoms with Crippen LogP contribution < -0.4 is 29.7 Å². The van der Waals surface area contributed by atoms with Gasteiger partial charge in [-0.15, -0.1) is 11.8 Å². The molecule has 1 heterocycles. The van der Waals surface area contributed by atoms with Gasteiger partial charge in [0.15, 0.2) is 17.8 Å². The third kappa shape index (κ3) is 5.29. The van der Waals surface area contributed by atoms with Gasteiger partial charge in [0, 0.05) is 29.6 Å². The molecule has 3 aromatic rings. The Morgan fingerprint density at radius 3 is 2.39 bits per heavy atom. The molecule has 0 aromatic heterocycles. The molecule has 0 saturated carbocycles. The Kier molecular flexibility index (Phi) is 7.76. The van der Waals surface area contributed by atoms with Gasteiger partial charge >= 0.3 is 0 Å². The van der Waals surface area contributed by atoms with E-state index in [0.29, 0.717) is 22.8 Å². The van der Waals surface area contributed by atoms with Crippen LogP contribution in [0.4, 0.5) is 11.4 Å². The minimum atomic E-state index is -0.901. The number of hydrogen-bond acceptors (Lipinski definition) is 8. The highest BCUT2D eigenvalue weighted by molar-refractivity contribution is 7.99. The first kappa shape index (κ1) is 25.1. The van der Waals surface area contributed by atoms with Crippen LogP contribution in [0.5, 0.6) is 17.2 Å². The van der Waals surface area contributed by atoms with Crippen LogP contribution in [-0.2, 0) is 4.79 Å². The van der Waals surface area contributed by atoms with E-state index in [1.807, 2.05) is 48.3 Å². The van der Waals surface area contributed by atoms with Gasteiger partial charge in [0.2, 0.25) is 6.10 Å².